The molecule has 38 heavy (non-hydrogen) atoms. The van der Waals surface area contributed by atoms with Gasteiger partial charge in [0.2, 0.25) is 0 Å². The number of carbonyl (C=O) groups is 1. The summed E-state index contributed by atoms with van der Waals surface area (Å²) in [6.45, 7) is 1.73. The average molecular weight is 527 g/mol. The second kappa shape index (κ2) is 11.6. The lowest BCUT2D eigenvalue weighted by Gasteiger charge is -2.15. The van der Waals surface area contributed by atoms with Crippen LogP contribution in [0.1, 0.15) is 27.0 Å². The number of hydrogen-bond acceptors (Lipinski definition) is 6. The Labute approximate surface area is 222 Å². The van der Waals surface area contributed by atoms with Crippen molar-refractivity contribution in [3.63, 3.8) is 0 Å². The predicted octanol–water partition coefficient (Wildman–Crippen LogP) is 5.03. The standard InChI is InChI=1S/C30H26N2O5S/c1-21-18-23(9-8-22-10-12-25(13-11-22)24-6-4-3-5-7-24)19-28(30(33)32-34)29(21)31-20-38(35,36)27-16-14-26(37-2)15-17-27/h3-7,10-19,31,34H,20H2,1-2H3,(H,32,33). The summed E-state index contributed by atoms with van der Waals surface area (Å²) in [7, 11) is -2.22. The highest BCUT2D eigenvalue weighted by atomic mass is 32.2. The third-order valence-corrected chi connectivity index (χ3v) is 7.40. The van der Waals surface area contributed by atoms with Crippen molar-refractivity contribution in [1.82, 2.24) is 5.48 Å². The van der Waals surface area contributed by atoms with Crippen LogP contribution in [0.4, 0.5) is 5.69 Å². The Kier molecular flexibility index (Phi) is 8.12. The fourth-order valence-electron chi connectivity index (χ4n) is 3.89. The average Bonchev–Trinajstić information content (AvgIpc) is 2.95. The summed E-state index contributed by atoms with van der Waals surface area (Å²) < 4.78 is 30.7. The number of methoxy groups -OCH3 is 1. The summed E-state index contributed by atoms with van der Waals surface area (Å²) in [5.41, 5.74) is 6.10. The number of ether oxygens (including phenoxy) is 1. The Morgan fingerprint density at radius 2 is 1.50 bits per heavy atom. The van der Waals surface area contributed by atoms with E-state index in [9.17, 15) is 18.4 Å². The highest BCUT2D eigenvalue weighted by molar-refractivity contribution is 7.91. The van der Waals surface area contributed by atoms with Gasteiger partial charge in [-0.15, -0.1) is 0 Å². The Bertz CT molecular complexity index is 1600. The van der Waals surface area contributed by atoms with Crippen LogP contribution in [-0.2, 0) is 9.84 Å². The number of nitrogens with one attached hydrogen (secondary N) is 2. The van der Waals surface area contributed by atoms with Crippen LogP contribution in [0.15, 0.2) is 95.9 Å². The molecule has 0 fully saturated rings. The summed E-state index contributed by atoms with van der Waals surface area (Å²) >= 11 is 0. The second-order valence-corrected chi connectivity index (χ2v) is 10.5. The molecule has 3 N–H and O–H groups in total. The molecule has 8 heteroatoms. The van der Waals surface area contributed by atoms with Crippen molar-refractivity contribution in [2.24, 2.45) is 0 Å². The van der Waals surface area contributed by atoms with E-state index < -0.39 is 21.6 Å². The van der Waals surface area contributed by atoms with Crippen LogP contribution in [0.2, 0.25) is 0 Å². The SMILES string of the molecule is COc1ccc(S(=O)(=O)CNc2c(C)cc(C#Cc3ccc(-c4ccccc4)cc3)cc2C(=O)NO)cc1. The first kappa shape index (κ1) is 26.5. The molecule has 0 heterocycles. The Hall–Kier alpha value is -4.58. The van der Waals surface area contributed by atoms with Crippen LogP contribution in [0, 0.1) is 18.8 Å². The minimum atomic E-state index is -3.72. The van der Waals surface area contributed by atoms with E-state index in [4.69, 9.17) is 4.74 Å². The molecular weight excluding hydrogens is 500 g/mol. The highest BCUT2D eigenvalue weighted by Crippen LogP contribution is 2.25. The molecule has 0 aliphatic carbocycles. The molecule has 0 spiro atoms. The normalized spacial score (nSPS) is 10.7. The summed E-state index contributed by atoms with van der Waals surface area (Å²) in [5, 5.41) is 12.1. The fraction of sp³-hybridized carbons (Fsp3) is 0.100. The van der Waals surface area contributed by atoms with E-state index in [0.29, 0.717) is 16.9 Å². The van der Waals surface area contributed by atoms with Gasteiger partial charge in [-0.1, -0.05) is 54.3 Å². The zero-order chi connectivity index (χ0) is 27.1. The van der Waals surface area contributed by atoms with Crippen molar-refractivity contribution >= 4 is 21.4 Å². The lowest BCUT2D eigenvalue weighted by molar-refractivity contribution is 0.0707. The van der Waals surface area contributed by atoms with Crippen molar-refractivity contribution in [3.05, 3.63) is 113 Å². The van der Waals surface area contributed by atoms with E-state index in [1.807, 2.05) is 54.6 Å². The second-order valence-electron chi connectivity index (χ2n) is 8.46. The van der Waals surface area contributed by atoms with Gasteiger partial charge >= 0.3 is 0 Å². The van der Waals surface area contributed by atoms with Crippen molar-refractivity contribution in [3.8, 4) is 28.7 Å². The first-order valence-electron chi connectivity index (χ1n) is 11.7. The Balaban J connectivity index is 1.57. The number of carbonyl (C=O) groups excluding carboxylic acids is 1. The van der Waals surface area contributed by atoms with Gasteiger partial charge in [-0.2, -0.15) is 0 Å². The molecule has 0 saturated heterocycles. The maximum absolute atomic E-state index is 12.8. The molecule has 0 bridgehead atoms. The van der Waals surface area contributed by atoms with E-state index in [2.05, 4.69) is 17.2 Å². The molecule has 0 aliphatic rings. The molecule has 0 aliphatic heterocycles. The Morgan fingerprint density at radius 1 is 0.868 bits per heavy atom. The van der Waals surface area contributed by atoms with Crippen LogP contribution in [0.3, 0.4) is 0 Å². The van der Waals surface area contributed by atoms with Crippen LogP contribution in [0.5, 0.6) is 5.75 Å². The number of benzene rings is 4. The molecule has 4 rings (SSSR count). The van der Waals surface area contributed by atoms with E-state index >= 15 is 0 Å². The lowest BCUT2D eigenvalue weighted by atomic mass is 10.0. The molecule has 0 radical (unpaired) electrons. The zero-order valence-electron chi connectivity index (χ0n) is 20.9. The largest absolute Gasteiger partial charge is 0.497 e. The number of hydrogen-bond donors (Lipinski definition) is 3. The van der Waals surface area contributed by atoms with Gasteiger partial charge in [0.25, 0.3) is 5.91 Å². The van der Waals surface area contributed by atoms with Crippen molar-refractivity contribution in [2.45, 2.75) is 11.8 Å². The first-order chi connectivity index (χ1) is 18.3. The van der Waals surface area contributed by atoms with Crippen LogP contribution in [0.25, 0.3) is 11.1 Å². The molecule has 4 aromatic carbocycles. The summed E-state index contributed by atoms with van der Waals surface area (Å²) in [5.74, 6) is 5.44. The van der Waals surface area contributed by atoms with Gasteiger partial charge in [0.15, 0.2) is 9.84 Å². The van der Waals surface area contributed by atoms with Gasteiger partial charge in [0.1, 0.15) is 11.6 Å². The number of aryl methyl sites for hydroxylation is 1. The topological polar surface area (TPSA) is 105 Å². The van der Waals surface area contributed by atoms with E-state index in [1.54, 1.807) is 30.6 Å². The van der Waals surface area contributed by atoms with Gasteiger partial charge in [0.05, 0.1) is 23.3 Å². The quantitative estimate of drug-likeness (QED) is 0.177. The molecule has 192 valence electrons. The van der Waals surface area contributed by atoms with Gasteiger partial charge in [-0.25, -0.2) is 13.9 Å². The first-order valence-corrected chi connectivity index (χ1v) is 13.3. The Morgan fingerprint density at radius 3 is 2.13 bits per heavy atom. The number of anilines is 1. The highest BCUT2D eigenvalue weighted by Gasteiger charge is 2.19. The van der Waals surface area contributed by atoms with Gasteiger partial charge in [-0.05, 0) is 72.1 Å². The third kappa shape index (κ3) is 6.21. The summed E-state index contributed by atoms with van der Waals surface area (Å²) in [6.07, 6.45) is 0. The number of hydroxylamine groups is 1. The minimum Gasteiger partial charge on any atom is -0.497 e. The maximum atomic E-state index is 12.8. The summed E-state index contributed by atoms with van der Waals surface area (Å²) in [4.78, 5) is 12.5. The molecule has 0 atom stereocenters. The molecule has 1 amide bonds. The minimum absolute atomic E-state index is 0.0705. The molecule has 0 aromatic heterocycles. The summed E-state index contributed by atoms with van der Waals surface area (Å²) in [6, 6.07) is 27.1. The van der Waals surface area contributed by atoms with E-state index in [-0.39, 0.29) is 16.1 Å². The molecule has 0 unspecified atom stereocenters. The molecular formula is C30H26N2O5S. The predicted molar refractivity (Wildman–Crippen MR) is 147 cm³/mol. The van der Waals surface area contributed by atoms with E-state index in [1.165, 1.54) is 25.3 Å². The van der Waals surface area contributed by atoms with E-state index in [0.717, 1.165) is 16.7 Å². The van der Waals surface area contributed by atoms with Gasteiger partial charge in [0, 0.05) is 11.1 Å². The van der Waals surface area contributed by atoms with Crippen molar-refractivity contribution in [2.75, 3.05) is 18.3 Å². The molecule has 4 aromatic rings. The van der Waals surface area contributed by atoms with Gasteiger partial charge in [-0.3, -0.25) is 10.0 Å². The number of amides is 1. The van der Waals surface area contributed by atoms with Crippen LogP contribution in [-0.4, -0.2) is 32.5 Å². The van der Waals surface area contributed by atoms with Crippen LogP contribution >= 0.6 is 0 Å². The van der Waals surface area contributed by atoms with Crippen LogP contribution < -0.4 is 15.5 Å². The number of sulfone groups is 1. The van der Waals surface area contributed by atoms with Crippen molar-refractivity contribution in [1.29, 1.82) is 0 Å². The van der Waals surface area contributed by atoms with Crippen molar-refractivity contribution < 1.29 is 23.2 Å². The third-order valence-electron chi connectivity index (χ3n) is 5.88. The molecule has 7 nitrogen and oxygen atoms in total. The maximum Gasteiger partial charge on any atom is 0.276 e. The molecule has 0 saturated carbocycles. The number of rotatable bonds is 7. The monoisotopic (exact) mass is 526 g/mol. The zero-order valence-corrected chi connectivity index (χ0v) is 21.7. The fourth-order valence-corrected chi connectivity index (χ4v) is 4.94. The smallest absolute Gasteiger partial charge is 0.276 e. The lowest BCUT2D eigenvalue weighted by Crippen LogP contribution is -2.23. The van der Waals surface area contributed by atoms with Gasteiger partial charge < -0.3 is 10.1 Å².